The number of rotatable bonds is 4. The highest BCUT2D eigenvalue weighted by molar-refractivity contribution is 7.91. The van der Waals surface area contributed by atoms with Crippen LogP contribution in [0.5, 0.6) is 0 Å². The third kappa shape index (κ3) is 4.54. The van der Waals surface area contributed by atoms with E-state index < -0.39 is 15.9 Å². The summed E-state index contributed by atoms with van der Waals surface area (Å²) < 4.78 is 31.9. The van der Waals surface area contributed by atoms with Gasteiger partial charge in [-0.3, -0.25) is 4.98 Å². The van der Waals surface area contributed by atoms with Crippen molar-refractivity contribution in [2.24, 2.45) is 5.73 Å². The number of nitrogens with zero attached hydrogens (tertiary/aromatic N) is 4. The summed E-state index contributed by atoms with van der Waals surface area (Å²) in [6.45, 7) is 2.75. The molecule has 0 aliphatic carbocycles. The Morgan fingerprint density at radius 3 is 2.47 bits per heavy atom. The van der Waals surface area contributed by atoms with E-state index in [9.17, 15) is 8.42 Å². The molecule has 0 radical (unpaired) electrons. The second-order valence-corrected chi connectivity index (χ2v) is 10.8. The van der Waals surface area contributed by atoms with Crippen LogP contribution in [0.25, 0.3) is 22.9 Å². The van der Waals surface area contributed by atoms with Crippen molar-refractivity contribution in [1.29, 1.82) is 0 Å². The van der Waals surface area contributed by atoms with E-state index in [4.69, 9.17) is 21.8 Å². The van der Waals surface area contributed by atoms with Gasteiger partial charge in [-0.1, -0.05) is 23.7 Å². The summed E-state index contributed by atoms with van der Waals surface area (Å²) in [7, 11) is -3.56. The molecule has 34 heavy (non-hydrogen) atoms. The number of halogens is 1. The van der Waals surface area contributed by atoms with Gasteiger partial charge in [0, 0.05) is 41.6 Å². The van der Waals surface area contributed by atoms with Crippen LogP contribution in [0, 0.1) is 6.92 Å². The van der Waals surface area contributed by atoms with E-state index in [0.717, 1.165) is 11.3 Å². The van der Waals surface area contributed by atoms with Gasteiger partial charge in [-0.25, -0.2) is 8.42 Å². The van der Waals surface area contributed by atoms with Crippen LogP contribution in [0.4, 0.5) is 5.69 Å². The summed E-state index contributed by atoms with van der Waals surface area (Å²) in [6.07, 6.45) is 1.67. The molecule has 0 saturated carbocycles. The maximum absolute atomic E-state index is 13.0. The normalized spacial score (nSPS) is 17.3. The summed E-state index contributed by atoms with van der Waals surface area (Å²) in [5.74, 6) is 0.502. The Bertz CT molecular complexity index is 1440. The largest absolute Gasteiger partial charge is 0.416 e. The quantitative estimate of drug-likeness (QED) is 0.453. The van der Waals surface area contributed by atoms with Crippen LogP contribution in [0.15, 0.2) is 70.1 Å². The van der Waals surface area contributed by atoms with Crippen molar-refractivity contribution < 1.29 is 12.8 Å². The van der Waals surface area contributed by atoms with Crippen LogP contribution in [0.1, 0.15) is 11.3 Å². The summed E-state index contributed by atoms with van der Waals surface area (Å²) in [5, 5.41) is 8.95. The number of aromatic nitrogens is 3. The predicted octanol–water partition coefficient (Wildman–Crippen LogP) is 3.88. The van der Waals surface area contributed by atoms with E-state index in [1.807, 2.05) is 48.2 Å². The average Bonchev–Trinajstić information content (AvgIpc) is 3.27. The van der Waals surface area contributed by atoms with E-state index in [0.29, 0.717) is 40.8 Å². The molecule has 0 bridgehead atoms. The van der Waals surface area contributed by atoms with Gasteiger partial charge >= 0.3 is 0 Å². The van der Waals surface area contributed by atoms with Crippen LogP contribution in [-0.4, -0.2) is 41.9 Å². The molecule has 1 atom stereocenters. The first-order valence-electron chi connectivity index (χ1n) is 10.7. The first kappa shape index (κ1) is 22.5. The lowest BCUT2D eigenvalue weighted by Gasteiger charge is -2.26. The van der Waals surface area contributed by atoms with Crippen molar-refractivity contribution in [1.82, 2.24) is 15.2 Å². The summed E-state index contributed by atoms with van der Waals surface area (Å²) >= 11 is 6.02. The van der Waals surface area contributed by atoms with Gasteiger partial charge in [-0.05, 0) is 55.0 Å². The fourth-order valence-electron chi connectivity index (χ4n) is 3.98. The van der Waals surface area contributed by atoms with Gasteiger partial charge < -0.3 is 15.1 Å². The molecule has 2 N–H and O–H groups in total. The molecule has 0 unspecified atom stereocenters. The van der Waals surface area contributed by atoms with Gasteiger partial charge in [-0.2, -0.15) is 0 Å². The molecular weight excluding hydrogens is 474 g/mol. The Morgan fingerprint density at radius 1 is 1.06 bits per heavy atom. The van der Waals surface area contributed by atoms with Gasteiger partial charge in [-0.15, -0.1) is 10.2 Å². The summed E-state index contributed by atoms with van der Waals surface area (Å²) in [6, 6.07) is 15.7. The summed E-state index contributed by atoms with van der Waals surface area (Å²) in [5.41, 5.74) is 9.94. The lowest BCUT2D eigenvalue weighted by atomic mass is 10.1. The minimum Gasteiger partial charge on any atom is -0.416 e. The summed E-state index contributed by atoms with van der Waals surface area (Å²) in [4.78, 5) is 6.47. The molecule has 3 heterocycles. The molecule has 5 rings (SSSR count). The number of hydrogen-bond acceptors (Lipinski definition) is 8. The molecule has 2 aromatic heterocycles. The lowest BCUT2D eigenvalue weighted by Crippen LogP contribution is -2.39. The average molecular weight is 496 g/mol. The number of hydrogen-bond donors (Lipinski definition) is 1. The monoisotopic (exact) mass is 495 g/mol. The SMILES string of the molecule is Cc1ccc(-c2nnc(-c3ccc4c(c3)N(Cc3ccc(Cl)cc3)C[C@@H](N)CS4(=O)=O)o2)cn1. The van der Waals surface area contributed by atoms with Gasteiger partial charge in [0.1, 0.15) is 0 Å². The molecule has 0 spiro atoms. The zero-order valence-corrected chi connectivity index (χ0v) is 19.9. The number of sulfone groups is 1. The highest BCUT2D eigenvalue weighted by atomic mass is 35.5. The fraction of sp³-hybridized carbons (Fsp3) is 0.208. The molecule has 8 nitrogen and oxygen atoms in total. The lowest BCUT2D eigenvalue weighted by molar-refractivity contribution is 0.583. The van der Waals surface area contributed by atoms with Crippen LogP contribution < -0.4 is 10.6 Å². The number of anilines is 1. The number of fused-ring (bicyclic) bond motifs is 1. The van der Waals surface area contributed by atoms with E-state index in [-0.39, 0.29) is 16.5 Å². The standard InChI is InChI=1S/C24H22ClN5O3S/c1-15-2-5-18(11-27-15)24-29-28-23(33-24)17-6-9-22-21(10-17)30(13-20(26)14-34(22,31)32)12-16-3-7-19(25)8-4-16/h2-11,20H,12-14,26H2,1H3/t20-/m1/s1. The second kappa shape index (κ2) is 8.83. The maximum atomic E-state index is 13.0. The van der Waals surface area contributed by atoms with Crippen molar-refractivity contribution in [2.45, 2.75) is 24.4 Å². The molecule has 0 saturated heterocycles. The molecule has 10 heteroatoms. The molecule has 0 fully saturated rings. The van der Waals surface area contributed by atoms with E-state index in [2.05, 4.69) is 15.2 Å². The Labute approximate surface area is 202 Å². The number of pyridine rings is 1. The third-order valence-electron chi connectivity index (χ3n) is 5.64. The Kier molecular flexibility index (Phi) is 5.85. The molecule has 0 amide bonds. The molecule has 2 aromatic carbocycles. The second-order valence-electron chi connectivity index (χ2n) is 8.33. The Morgan fingerprint density at radius 2 is 1.76 bits per heavy atom. The molecule has 4 aromatic rings. The number of benzene rings is 2. The molecule has 1 aliphatic rings. The third-order valence-corrected chi connectivity index (χ3v) is 7.77. The van der Waals surface area contributed by atoms with Gasteiger partial charge in [0.2, 0.25) is 11.8 Å². The Hall–Kier alpha value is -3.27. The van der Waals surface area contributed by atoms with Gasteiger partial charge in [0.05, 0.1) is 21.9 Å². The van der Waals surface area contributed by atoms with E-state index in [1.165, 1.54) is 0 Å². The van der Waals surface area contributed by atoms with Crippen LogP contribution in [0.2, 0.25) is 5.02 Å². The van der Waals surface area contributed by atoms with Crippen molar-refractivity contribution in [3.05, 3.63) is 77.1 Å². The zero-order valence-electron chi connectivity index (χ0n) is 18.3. The van der Waals surface area contributed by atoms with Gasteiger partial charge in [0.25, 0.3) is 0 Å². The molecule has 174 valence electrons. The van der Waals surface area contributed by atoms with E-state index in [1.54, 1.807) is 24.4 Å². The van der Waals surface area contributed by atoms with Crippen LogP contribution in [0.3, 0.4) is 0 Å². The predicted molar refractivity (Wildman–Crippen MR) is 130 cm³/mol. The zero-order chi connectivity index (χ0) is 23.9. The van der Waals surface area contributed by atoms with Crippen molar-refractivity contribution in [3.63, 3.8) is 0 Å². The first-order chi connectivity index (χ1) is 16.3. The molecule has 1 aliphatic heterocycles. The van der Waals surface area contributed by atoms with Gasteiger partial charge in [0.15, 0.2) is 9.84 Å². The smallest absolute Gasteiger partial charge is 0.249 e. The van der Waals surface area contributed by atoms with Crippen LogP contribution in [-0.2, 0) is 16.4 Å². The number of aryl methyl sites for hydroxylation is 1. The fourth-order valence-corrected chi connectivity index (χ4v) is 5.73. The maximum Gasteiger partial charge on any atom is 0.249 e. The number of nitrogens with two attached hydrogens (primary N) is 1. The van der Waals surface area contributed by atoms with Crippen molar-refractivity contribution in [3.8, 4) is 22.9 Å². The van der Waals surface area contributed by atoms with Crippen LogP contribution >= 0.6 is 11.6 Å². The Balaban J connectivity index is 1.55. The minimum atomic E-state index is -3.56. The van der Waals surface area contributed by atoms with Crippen molar-refractivity contribution in [2.75, 3.05) is 17.2 Å². The van der Waals surface area contributed by atoms with Crippen molar-refractivity contribution >= 4 is 27.1 Å². The van der Waals surface area contributed by atoms with E-state index >= 15 is 0 Å². The topological polar surface area (TPSA) is 115 Å². The first-order valence-corrected chi connectivity index (χ1v) is 12.7. The highest BCUT2D eigenvalue weighted by Crippen LogP contribution is 2.35. The minimum absolute atomic E-state index is 0.123. The molecular formula is C24H22ClN5O3S. The highest BCUT2D eigenvalue weighted by Gasteiger charge is 2.31.